The molecular weight excluding hydrogens is 462 g/mol. The summed E-state index contributed by atoms with van der Waals surface area (Å²) < 4.78 is 5.56. The fourth-order valence-electron chi connectivity index (χ4n) is 4.25. The van der Waals surface area contributed by atoms with Gasteiger partial charge in [0.1, 0.15) is 5.75 Å². The minimum Gasteiger partial charge on any atom is -0.494 e. The van der Waals surface area contributed by atoms with Crippen LogP contribution in [0.4, 0.5) is 5.69 Å². The van der Waals surface area contributed by atoms with Gasteiger partial charge >= 0.3 is 0 Å². The average Bonchev–Trinajstić information content (AvgIpc) is 2.95. The maximum absolute atomic E-state index is 13.4. The van der Waals surface area contributed by atoms with E-state index in [0.29, 0.717) is 42.9 Å². The Kier molecular flexibility index (Phi) is 8.83. The van der Waals surface area contributed by atoms with Crippen molar-refractivity contribution in [2.24, 2.45) is 0 Å². The molecule has 1 saturated heterocycles. The van der Waals surface area contributed by atoms with Crippen molar-refractivity contribution in [3.63, 3.8) is 0 Å². The zero-order valence-electron chi connectivity index (χ0n) is 21.5. The van der Waals surface area contributed by atoms with Crippen molar-refractivity contribution in [1.82, 2.24) is 10.2 Å². The zero-order valence-corrected chi connectivity index (χ0v) is 21.5. The molecule has 0 aliphatic carbocycles. The lowest BCUT2D eigenvalue weighted by Gasteiger charge is -2.36. The lowest BCUT2D eigenvalue weighted by molar-refractivity contribution is 0.0746. The van der Waals surface area contributed by atoms with Crippen LogP contribution in [-0.4, -0.2) is 56.0 Å². The van der Waals surface area contributed by atoms with Crippen molar-refractivity contribution in [3.8, 4) is 17.6 Å². The normalized spacial score (nSPS) is 12.9. The van der Waals surface area contributed by atoms with E-state index in [2.05, 4.69) is 22.1 Å². The van der Waals surface area contributed by atoms with Gasteiger partial charge in [-0.2, -0.15) is 0 Å². The van der Waals surface area contributed by atoms with Crippen LogP contribution >= 0.6 is 0 Å². The van der Waals surface area contributed by atoms with Crippen molar-refractivity contribution in [3.05, 3.63) is 95.1 Å². The van der Waals surface area contributed by atoms with E-state index in [1.54, 1.807) is 0 Å². The molecule has 1 N–H and O–H groups in total. The molecule has 3 aromatic carbocycles. The van der Waals surface area contributed by atoms with Crippen LogP contribution in [0.1, 0.15) is 52.1 Å². The van der Waals surface area contributed by atoms with Crippen LogP contribution in [-0.2, 0) is 0 Å². The van der Waals surface area contributed by atoms with Crippen LogP contribution in [0.2, 0.25) is 0 Å². The van der Waals surface area contributed by atoms with E-state index in [0.717, 1.165) is 36.5 Å². The molecule has 3 aromatic rings. The van der Waals surface area contributed by atoms with Gasteiger partial charge in [-0.3, -0.25) is 9.59 Å². The quantitative estimate of drug-likeness (QED) is 0.487. The van der Waals surface area contributed by atoms with Crippen LogP contribution in [0.25, 0.3) is 0 Å². The predicted molar refractivity (Wildman–Crippen MR) is 147 cm³/mol. The summed E-state index contributed by atoms with van der Waals surface area (Å²) >= 11 is 0. The van der Waals surface area contributed by atoms with Gasteiger partial charge in [-0.05, 0) is 67.9 Å². The van der Waals surface area contributed by atoms with E-state index in [1.165, 1.54) is 0 Å². The SMILES string of the molecule is CCCNC(=O)c1ccc(N2CCN(C(=O)c3ccccc3C#Cc3cccc(OCC)c3)CC2)cc1. The second-order valence-corrected chi connectivity index (χ2v) is 8.84. The fraction of sp³-hybridized carbons (Fsp3) is 0.290. The Morgan fingerprint density at radius 2 is 1.65 bits per heavy atom. The molecule has 0 spiro atoms. The van der Waals surface area contributed by atoms with Gasteiger partial charge in [0.25, 0.3) is 11.8 Å². The number of benzene rings is 3. The van der Waals surface area contributed by atoms with E-state index in [1.807, 2.05) is 91.5 Å². The van der Waals surface area contributed by atoms with E-state index in [9.17, 15) is 9.59 Å². The highest BCUT2D eigenvalue weighted by molar-refractivity contribution is 5.97. The standard InChI is InChI=1S/C31H33N3O3/c1-3-18-32-30(35)26-14-16-27(17-15-26)33-19-21-34(22-20-33)31(36)29-11-6-5-9-25(29)13-12-24-8-7-10-28(23-24)37-4-2/h5-11,14-17,23H,3-4,18-22H2,1-2H3,(H,32,35). The van der Waals surface area contributed by atoms with Crippen molar-refractivity contribution in [1.29, 1.82) is 0 Å². The lowest BCUT2D eigenvalue weighted by Crippen LogP contribution is -2.49. The highest BCUT2D eigenvalue weighted by Crippen LogP contribution is 2.20. The minimum atomic E-state index is -0.0485. The van der Waals surface area contributed by atoms with Gasteiger partial charge in [0.15, 0.2) is 0 Å². The Bertz CT molecular complexity index is 1280. The number of anilines is 1. The van der Waals surface area contributed by atoms with Gasteiger partial charge in [0, 0.05) is 55.1 Å². The van der Waals surface area contributed by atoms with Crippen LogP contribution in [0.15, 0.2) is 72.8 Å². The number of carbonyl (C=O) groups is 2. The van der Waals surface area contributed by atoms with E-state index >= 15 is 0 Å². The summed E-state index contributed by atoms with van der Waals surface area (Å²) in [6, 6.07) is 22.8. The average molecular weight is 496 g/mol. The Balaban J connectivity index is 1.40. The van der Waals surface area contributed by atoms with Crippen molar-refractivity contribution in [2.45, 2.75) is 20.3 Å². The summed E-state index contributed by atoms with van der Waals surface area (Å²) in [4.78, 5) is 29.7. The van der Waals surface area contributed by atoms with E-state index < -0.39 is 0 Å². The predicted octanol–water partition coefficient (Wildman–Crippen LogP) is 4.59. The third-order valence-corrected chi connectivity index (χ3v) is 6.24. The van der Waals surface area contributed by atoms with Gasteiger partial charge in [-0.1, -0.05) is 37.0 Å². The largest absolute Gasteiger partial charge is 0.494 e. The maximum Gasteiger partial charge on any atom is 0.255 e. The number of ether oxygens (including phenoxy) is 1. The second kappa shape index (κ2) is 12.6. The molecule has 37 heavy (non-hydrogen) atoms. The van der Waals surface area contributed by atoms with Gasteiger partial charge in [-0.15, -0.1) is 0 Å². The number of nitrogens with zero attached hydrogens (tertiary/aromatic N) is 2. The summed E-state index contributed by atoms with van der Waals surface area (Å²) in [5.41, 5.74) is 3.89. The Labute approximate surface area is 219 Å². The van der Waals surface area contributed by atoms with Crippen molar-refractivity contribution >= 4 is 17.5 Å². The molecule has 0 radical (unpaired) electrons. The topological polar surface area (TPSA) is 61.9 Å². The van der Waals surface area contributed by atoms with Crippen LogP contribution < -0.4 is 15.0 Å². The zero-order chi connectivity index (χ0) is 26.0. The minimum absolute atomic E-state index is 0.00411. The number of piperazine rings is 1. The molecular formula is C31H33N3O3. The molecule has 0 unspecified atom stereocenters. The molecule has 0 aromatic heterocycles. The molecule has 0 atom stereocenters. The summed E-state index contributed by atoms with van der Waals surface area (Å²) in [6.45, 7) is 7.95. The van der Waals surface area contributed by atoms with Gasteiger partial charge in [0.05, 0.1) is 12.2 Å². The molecule has 0 bridgehead atoms. The van der Waals surface area contributed by atoms with Gasteiger partial charge in [-0.25, -0.2) is 0 Å². The molecule has 4 rings (SSSR count). The van der Waals surface area contributed by atoms with Crippen molar-refractivity contribution < 1.29 is 14.3 Å². The molecule has 1 aliphatic heterocycles. The van der Waals surface area contributed by atoms with E-state index in [4.69, 9.17) is 4.74 Å². The number of hydrogen-bond donors (Lipinski definition) is 1. The Morgan fingerprint density at radius 1 is 0.892 bits per heavy atom. The molecule has 190 valence electrons. The highest BCUT2D eigenvalue weighted by Gasteiger charge is 2.23. The monoisotopic (exact) mass is 495 g/mol. The van der Waals surface area contributed by atoms with Gasteiger partial charge in [0.2, 0.25) is 0 Å². The van der Waals surface area contributed by atoms with Gasteiger partial charge < -0.3 is 19.9 Å². The first-order chi connectivity index (χ1) is 18.1. The Hall–Kier alpha value is -4.24. The number of hydrogen-bond acceptors (Lipinski definition) is 4. The van der Waals surface area contributed by atoms with E-state index in [-0.39, 0.29) is 11.8 Å². The number of amides is 2. The highest BCUT2D eigenvalue weighted by atomic mass is 16.5. The molecule has 6 nitrogen and oxygen atoms in total. The lowest BCUT2D eigenvalue weighted by atomic mass is 10.1. The molecule has 1 fully saturated rings. The third-order valence-electron chi connectivity index (χ3n) is 6.24. The first-order valence-electron chi connectivity index (χ1n) is 12.9. The van der Waals surface area contributed by atoms with Crippen molar-refractivity contribution in [2.75, 3.05) is 44.2 Å². The van der Waals surface area contributed by atoms with Crippen LogP contribution in [0.5, 0.6) is 5.75 Å². The summed E-state index contributed by atoms with van der Waals surface area (Å²) in [5.74, 6) is 7.09. The summed E-state index contributed by atoms with van der Waals surface area (Å²) in [7, 11) is 0. The fourth-order valence-corrected chi connectivity index (χ4v) is 4.25. The molecule has 6 heteroatoms. The molecule has 2 amide bonds. The smallest absolute Gasteiger partial charge is 0.255 e. The number of nitrogens with one attached hydrogen (secondary N) is 1. The number of carbonyl (C=O) groups excluding carboxylic acids is 2. The molecule has 0 saturated carbocycles. The molecule has 1 heterocycles. The maximum atomic E-state index is 13.4. The van der Waals surface area contributed by atoms with Crippen LogP contribution in [0.3, 0.4) is 0 Å². The summed E-state index contributed by atoms with van der Waals surface area (Å²) in [5, 5.41) is 2.90. The third kappa shape index (κ3) is 6.71. The Morgan fingerprint density at radius 3 is 2.38 bits per heavy atom. The second-order valence-electron chi connectivity index (χ2n) is 8.84. The first-order valence-corrected chi connectivity index (χ1v) is 12.9. The number of rotatable bonds is 7. The molecule has 1 aliphatic rings. The van der Waals surface area contributed by atoms with Crippen LogP contribution in [0, 0.1) is 11.8 Å². The first kappa shape index (κ1) is 25.8. The summed E-state index contributed by atoms with van der Waals surface area (Å²) in [6.07, 6.45) is 0.909.